The molecule has 0 aliphatic carbocycles. The topological polar surface area (TPSA) is 84.6 Å². The molecule has 0 aliphatic heterocycles. The number of guanidine groups is 1. The van der Waals surface area contributed by atoms with E-state index in [4.69, 9.17) is 9.26 Å². The molecule has 2 heterocycles. The minimum Gasteiger partial charge on any atom is -0.478 e. The summed E-state index contributed by atoms with van der Waals surface area (Å²) in [4.78, 5) is 8.75. The number of aliphatic imine (C=N–C) groups is 1. The average Bonchev–Trinajstić information content (AvgIpc) is 3.07. The molecule has 0 saturated carbocycles. The lowest BCUT2D eigenvalue weighted by molar-refractivity contribution is 0.326. The Kier molecular flexibility index (Phi) is 7.25. The Bertz CT molecular complexity index is 682. The highest BCUT2D eigenvalue weighted by atomic mass is 16.5. The Balaban J connectivity index is 1.96. The fraction of sp³-hybridized carbons (Fsp3) is 0.500. The molecule has 0 aromatic carbocycles. The van der Waals surface area contributed by atoms with Gasteiger partial charge in [-0.3, -0.25) is 0 Å². The molecule has 0 unspecified atom stereocenters. The van der Waals surface area contributed by atoms with Gasteiger partial charge in [-0.05, 0) is 31.4 Å². The summed E-state index contributed by atoms with van der Waals surface area (Å²) in [6, 6.07) is 5.81. The van der Waals surface area contributed by atoms with E-state index in [1.165, 1.54) is 0 Å². The molecule has 0 fully saturated rings. The quantitative estimate of drug-likeness (QED) is 0.565. The van der Waals surface area contributed by atoms with Gasteiger partial charge in [-0.15, -0.1) is 0 Å². The number of nitrogens with zero attached hydrogens (tertiary/aromatic N) is 3. The molecule has 7 heteroatoms. The van der Waals surface area contributed by atoms with Crippen molar-refractivity contribution >= 4 is 5.96 Å². The van der Waals surface area contributed by atoms with E-state index in [-0.39, 0.29) is 0 Å². The third kappa shape index (κ3) is 6.10. The van der Waals surface area contributed by atoms with Gasteiger partial charge in [0, 0.05) is 24.9 Å². The standard InChI is InChI=1S/C18H27N5O2/c1-5-19-18(22-12-15-10-16(13(3)4)23-25-15)21-11-14-7-8-20-17(9-14)24-6-2/h7-10,13H,5-6,11-12H2,1-4H3,(H2,19,21,22). The first-order valence-corrected chi connectivity index (χ1v) is 8.67. The fourth-order valence-corrected chi connectivity index (χ4v) is 2.14. The summed E-state index contributed by atoms with van der Waals surface area (Å²) in [7, 11) is 0. The monoisotopic (exact) mass is 345 g/mol. The van der Waals surface area contributed by atoms with Crippen molar-refractivity contribution in [2.45, 2.75) is 46.7 Å². The van der Waals surface area contributed by atoms with Crippen molar-refractivity contribution in [2.24, 2.45) is 4.99 Å². The zero-order valence-electron chi connectivity index (χ0n) is 15.4. The molecule has 0 spiro atoms. The first-order valence-electron chi connectivity index (χ1n) is 8.67. The molecule has 2 aromatic rings. The normalized spacial score (nSPS) is 11.6. The summed E-state index contributed by atoms with van der Waals surface area (Å²) in [6.45, 7) is 10.6. The molecule has 0 aliphatic rings. The molecule has 2 N–H and O–H groups in total. The van der Waals surface area contributed by atoms with Crippen molar-refractivity contribution < 1.29 is 9.26 Å². The van der Waals surface area contributed by atoms with Crippen molar-refractivity contribution in [3.05, 3.63) is 41.4 Å². The summed E-state index contributed by atoms with van der Waals surface area (Å²) < 4.78 is 10.8. The third-order valence-electron chi connectivity index (χ3n) is 3.45. The molecule has 0 saturated heterocycles. The predicted octanol–water partition coefficient (Wildman–Crippen LogP) is 2.85. The first-order chi connectivity index (χ1) is 12.1. The molecule has 25 heavy (non-hydrogen) atoms. The van der Waals surface area contributed by atoms with Crippen LogP contribution in [0.5, 0.6) is 5.88 Å². The molecular weight excluding hydrogens is 318 g/mol. The lowest BCUT2D eigenvalue weighted by atomic mass is 10.1. The van der Waals surface area contributed by atoms with Crippen molar-refractivity contribution in [3.63, 3.8) is 0 Å². The van der Waals surface area contributed by atoms with Crippen molar-refractivity contribution in [1.82, 2.24) is 20.8 Å². The molecular formula is C18H27N5O2. The van der Waals surface area contributed by atoms with Gasteiger partial charge in [-0.25, -0.2) is 9.98 Å². The van der Waals surface area contributed by atoms with E-state index in [9.17, 15) is 0 Å². The van der Waals surface area contributed by atoms with Crippen LogP contribution in [0.25, 0.3) is 0 Å². The van der Waals surface area contributed by atoms with E-state index < -0.39 is 0 Å². The van der Waals surface area contributed by atoms with Crippen LogP contribution in [0.15, 0.2) is 33.9 Å². The fourth-order valence-electron chi connectivity index (χ4n) is 2.14. The predicted molar refractivity (Wildman–Crippen MR) is 97.7 cm³/mol. The van der Waals surface area contributed by atoms with Gasteiger partial charge in [0.15, 0.2) is 11.7 Å². The second kappa shape index (κ2) is 9.66. The smallest absolute Gasteiger partial charge is 0.213 e. The molecule has 0 bridgehead atoms. The zero-order chi connectivity index (χ0) is 18.1. The lowest BCUT2D eigenvalue weighted by Gasteiger charge is -2.10. The van der Waals surface area contributed by atoms with Gasteiger partial charge in [-0.2, -0.15) is 0 Å². The number of pyridine rings is 1. The summed E-state index contributed by atoms with van der Waals surface area (Å²) in [5, 5.41) is 10.5. The maximum atomic E-state index is 5.42. The molecule has 7 nitrogen and oxygen atoms in total. The van der Waals surface area contributed by atoms with E-state index >= 15 is 0 Å². The Morgan fingerprint density at radius 3 is 2.80 bits per heavy atom. The molecule has 2 aromatic heterocycles. The number of rotatable bonds is 8. The summed E-state index contributed by atoms with van der Waals surface area (Å²) in [6.07, 6.45) is 1.73. The van der Waals surface area contributed by atoms with Crippen LogP contribution in [-0.4, -0.2) is 29.3 Å². The van der Waals surface area contributed by atoms with Gasteiger partial charge in [0.1, 0.15) is 0 Å². The van der Waals surface area contributed by atoms with E-state index in [1.54, 1.807) is 6.20 Å². The summed E-state index contributed by atoms with van der Waals surface area (Å²) in [5.74, 6) is 2.48. The molecule has 0 amide bonds. The zero-order valence-corrected chi connectivity index (χ0v) is 15.4. The highest BCUT2D eigenvalue weighted by Gasteiger charge is 2.08. The second-order valence-electron chi connectivity index (χ2n) is 5.86. The number of ether oxygens (including phenoxy) is 1. The van der Waals surface area contributed by atoms with Crippen LogP contribution in [0.1, 0.15) is 50.6 Å². The van der Waals surface area contributed by atoms with Crippen molar-refractivity contribution in [2.75, 3.05) is 13.2 Å². The number of hydrogen-bond acceptors (Lipinski definition) is 5. The summed E-state index contributed by atoms with van der Waals surface area (Å²) in [5.41, 5.74) is 2.00. The van der Waals surface area contributed by atoms with Gasteiger partial charge in [0.05, 0.1) is 25.4 Å². The van der Waals surface area contributed by atoms with Crippen LogP contribution in [0.2, 0.25) is 0 Å². The highest BCUT2D eigenvalue weighted by Crippen LogP contribution is 2.14. The van der Waals surface area contributed by atoms with Crippen molar-refractivity contribution in [3.8, 4) is 5.88 Å². The molecule has 0 atom stereocenters. The average molecular weight is 345 g/mol. The number of hydrogen-bond donors (Lipinski definition) is 2. The Morgan fingerprint density at radius 2 is 2.12 bits per heavy atom. The Morgan fingerprint density at radius 1 is 1.28 bits per heavy atom. The van der Waals surface area contributed by atoms with Crippen LogP contribution < -0.4 is 15.4 Å². The van der Waals surface area contributed by atoms with Crippen LogP contribution in [0.4, 0.5) is 0 Å². The Labute approximate surface area is 148 Å². The maximum Gasteiger partial charge on any atom is 0.213 e. The maximum absolute atomic E-state index is 5.42. The van der Waals surface area contributed by atoms with Crippen LogP contribution in [0.3, 0.4) is 0 Å². The first kappa shape index (κ1) is 18.8. The van der Waals surface area contributed by atoms with E-state index in [0.717, 1.165) is 29.5 Å². The van der Waals surface area contributed by atoms with Crippen LogP contribution in [0, 0.1) is 0 Å². The minimum absolute atomic E-state index is 0.352. The van der Waals surface area contributed by atoms with Gasteiger partial charge < -0.3 is 19.9 Å². The van der Waals surface area contributed by atoms with E-state index in [1.807, 2.05) is 32.0 Å². The summed E-state index contributed by atoms with van der Waals surface area (Å²) >= 11 is 0. The van der Waals surface area contributed by atoms with E-state index in [2.05, 4.69) is 39.6 Å². The largest absolute Gasteiger partial charge is 0.478 e. The van der Waals surface area contributed by atoms with Gasteiger partial charge in [0.2, 0.25) is 5.88 Å². The van der Waals surface area contributed by atoms with Gasteiger partial charge in [0.25, 0.3) is 0 Å². The van der Waals surface area contributed by atoms with Gasteiger partial charge in [-0.1, -0.05) is 19.0 Å². The second-order valence-corrected chi connectivity index (χ2v) is 5.86. The van der Waals surface area contributed by atoms with Crippen LogP contribution >= 0.6 is 0 Å². The molecule has 2 rings (SSSR count). The highest BCUT2D eigenvalue weighted by molar-refractivity contribution is 5.79. The Hall–Kier alpha value is -2.57. The minimum atomic E-state index is 0.352. The molecule has 0 radical (unpaired) electrons. The van der Waals surface area contributed by atoms with Crippen molar-refractivity contribution in [1.29, 1.82) is 0 Å². The number of nitrogens with one attached hydrogen (secondary N) is 2. The van der Waals surface area contributed by atoms with Gasteiger partial charge >= 0.3 is 0 Å². The molecule has 136 valence electrons. The SMILES string of the molecule is CCNC(=NCc1ccnc(OCC)c1)NCc1cc(C(C)C)no1. The lowest BCUT2D eigenvalue weighted by Crippen LogP contribution is -2.36. The van der Waals surface area contributed by atoms with Crippen LogP contribution in [-0.2, 0) is 13.1 Å². The van der Waals surface area contributed by atoms with E-state index in [0.29, 0.717) is 31.5 Å². The number of aromatic nitrogens is 2. The third-order valence-corrected chi connectivity index (χ3v) is 3.45.